The van der Waals surface area contributed by atoms with E-state index in [4.69, 9.17) is 4.42 Å². The topological polar surface area (TPSA) is 77.1 Å². The Balaban J connectivity index is 1.48. The highest BCUT2D eigenvalue weighted by atomic mass is 16.4. The van der Waals surface area contributed by atoms with Crippen LogP contribution < -0.4 is 10.9 Å². The molecule has 0 bridgehead atoms. The van der Waals surface area contributed by atoms with E-state index in [1.807, 2.05) is 22.9 Å². The van der Waals surface area contributed by atoms with Crippen molar-refractivity contribution in [3.8, 4) is 0 Å². The van der Waals surface area contributed by atoms with Crippen molar-refractivity contribution in [2.24, 2.45) is 0 Å². The fourth-order valence-electron chi connectivity index (χ4n) is 2.53. The van der Waals surface area contributed by atoms with Crippen LogP contribution in [0.2, 0.25) is 0 Å². The molecule has 6 heteroatoms. The third kappa shape index (κ3) is 3.90. The van der Waals surface area contributed by atoms with Gasteiger partial charge in [0.25, 0.3) is 5.91 Å². The lowest BCUT2D eigenvalue weighted by molar-refractivity contribution is 0.0949. The Morgan fingerprint density at radius 2 is 2.08 bits per heavy atom. The third-order valence-electron chi connectivity index (χ3n) is 3.82. The molecule has 2 aromatic heterocycles. The first-order chi connectivity index (χ1) is 11.7. The molecular weight excluding hydrogens is 306 g/mol. The maximum atomic E-state index is 12.1. The molecule has 1 amide bonds. The monoisotopic (exact) mass is 325 g/mol. The standard InChI is InChI=1S/C18H19N3O3/c22-17(20-8-4-1-5-10-21-11-9-19-13-21)15-12-14-6-2-3-7-16(14)24-18(15)23/h2-3,6-7,9,11-13H,1,4-5,8,10H2,(H,20,22). The van der Waals surface area contributed by atoms with Gasteiger partial charge < -0.3 is 14.3 Å². The Kier molecular flexibility index (Phi) is 5.05. The van der Waals surface area contributed by atoms with Crippen molar-refractivity contribution >= 4 is 16.9 Å². The van der Waals surface area contributed by atoms with Gasteiger partial charge in [-0.15, -0.1) is 0 Å². The minimum atomic E-state index is -0.605. The second-order valence-corrected chi connectivity index (χ2v) is 5.60. The average molecular weight is 325 g/mol. The number of imidazole rings is 1. The first-order valence-corrected chi connectivity index (χ1v) is 8.01. The van der Waals surface area contributed by atoms with Crippen molar-refractivity contribution < 1.29 is 9.21 Å². The van der Waals surface area contributed by atoms with Gasteiger partial charge in [0.1, 0.15) is 11.1 Å². The molecule has 3 aromatic rings. The van der Waals surface area contributed by atoms with Crippen LogP contribution in [-0.2, 0) is 6.54 Å². The minimum absolute atomic E-state index is 0.0483. The molecule has 0 aliphatic heterocycles. The van der Waals surface area contributed by atoms with Crippen molar-refractivity contribution in [1.82, 2.24) is 14.9 Å². The van der Waals surface area contributed by atoms with Crippen molar-refractivity contribution in [3.63, 3.8) is 0 Å². The van der Waals surface area contributed by atoms with E-state index in [2.05, 4.69) is 10.3 Å². The van der Waals surface area contributed by atoms with Crippen LogP contribution in [0.15, 0.2) is 58.3 Å². The van der Waals surface area contributed by atoms with Gasteiger partial charge in [0.2, 0.25) is 0 Å². The Labute approximate surface area is 139 Å². The van der Waals surface area contributed by atoms with Gasteiger partial charge in [0.05, 0.1) is 6.33 Å². The average Bonchev–Trinajstić information content (AvgIpc) is 3.10. The number of rotatable bonds is 7. The van der Waals surface area contributed by atoms with Crippen LogP contribution in [0.4, 0.5) is 0 Å². The number of nitrogens with zero attached hydrogens (tertiary/aromatic N) is 2. The van der Waals surface area contributed by atoms with Gasteiger partial charge in [0, 0.05) is 30.9 Å². The normalized spacial score (nSPS) is 10.8. The van der Waals surface area contributed by atoms with Gasteiger partial charge in [0.15, 0.2) is 0 Å². The van der Waals surface area contributed by atoms with Crippen LogP contribution >= 0.6 is 0 Å². The SMILES string of the molecule is O=C(NCCCCCn1ccnc1)c1cc2ccccc2oc1=O. The minimum Gasteiger partial charge on any atom is -0.422 e. The summed E-state index contributed by atoms with van der Waals surface area (Å²) in [6.45, 7) is 1.46. The number of unbranched alkanes of at least 4 members (excludes halogenated alkanes) is 2. The van der Waals surface area contributed by atoms with E-state index in [1.54, 1.807) is 30.7 Å². The molecule has 2 heterocycles. The summed E-state index contributed by atoms with van der Waals surface area (Å²) in [6.07, 6.45) is 8.35. The number of hydrogen-bond acceptors (Lipinski definition) is 4. The third-order valence-corrected chi connectivity index (χ3v) is 3.82. The number of hydrogen-bond donors (Lipinski definition) is 1. The summed E-state index contributed by atoms with van der Waals surface area (Å²) in [7, 11) is 0. The molecule has 0 aliphatic carbocycles. The number of amides is 1. The number of para-hydroxylation sites is 1. The predicted octanol–water partition coefficient (Wildman–Crippen LogP) is 2.59. The van der Waals surface area contributed by atoms with E-state index in [1.165, 1.54) is 0 Å². The molecule has 1 aromatic carbocycles. The van der Waals surface area contributed by atoms with Crippen molar-refractivity contribution in [2.75, 3.05) is 6.54 Å². The summed E-state index contributed by atoms with van der Waals surface area (Å²) in [5.74, 6) is -0.385. The largest absolute Gasteiger partial charge is 0.422 e. The Bertz CT molecular complexity index is 869. The molecule has 0 saturated carbocycles. The van der Waals surface area contributed by atoms with Gasteiger partial charge in [-0.25, -0.2) is 9.78 Å². The quantitative estimate of drug-likeness (QED) is 0.535. The molecule has 1 N–H and O–H groups in total. The highest BCUT2D eigenvalue weighted by molar-refractivity contribution is 5.96. The molecule has 0 aliphatic rings. The maximum absolute atomic E-state index is 12.1. The van der Waals surface area contributed by atoms with Crippen molar-refractivity contribution in [2.45, 2.75) is 25.8 Å². The number of carbonyl (C=O) groups excluding carboxylic acids is 1. The Morgan fingerprint density at radius 1 is 1.21 bits per heavy atom. The highest BCUT2D eigenvalue weighted by Crippen LogP contribution is 2.12. The highest BCUT2D eigenvalue weighted by Gasteiger charge is 2.12. The van der Waals surface area contributed by atoms with E-state index in [0.717, 1.165) is 31.2 Å². The first kappa shape index (κ1) is 16.0. The van der Waals surface area contributed by atoms with Gasteiger partial charge in [-0.2, -0.15) is 0 Å². The zero-order valence-corrected chi connectivity index (χ0v) is 13.3. The molecule has 0 unspecified atom stereocenters. The summed E-state index contributed by atoms with van der Waals surface area (Å²) in [5.41, 5.74) is -0.0722. The molecule has 0 spiro atoms. The fraction of sp³-hybridized carbons (Fsp3) is 0.278. The molecule has 124 valence electrons. The second kappa shape index (κ2) is 7.59. The van der Waals surface area contributed by atoms with E-state index >= 15 is 0 Å². The van der Waals surface area contributed by atoms with Crippen LogP contribution in [-0.4, -0.2) is 22.0 Å². The van der Waals surface area contributed by atoms with E-state index in [0.29, 0.717) is 12.1 Å². The zero-order chi connectivity index (χ0) is 16.8. The van der Waals surface area contributed by atoms with E-state index in [9.17, 15) is 9.59 Å². The smallest absolute Gasteiger partial charge is 0.349 e. The molecule has 0 fully saturated rings. The molecule has 3 rings (SSSR count). The molecule has 6 nitrogen and oxygen atoms in total. The number of aryl methyl sites for hydroxylation is 1. The molecule has 0 radical (unpaired) electrons. The molecule has 24 heavy (non-hydrogen) atoms. The number of benzene rings is 1. The number of nitrogens with one attached hydrogen (secondary N) is 1. The van der Waals surface area contributed by atoms with E-state index < -0.39 is 5.63 Å². The summed E-state index contributed by atoms with van der Waals surface area (Å²) >= 11 is 0. The van der Waals surface area contributed by atoms with Crippen LogP contribution in [0, 0.1) is 0 Å². The summed E-state index contributed by atoms with van der Waals surface area (Å²) in [5, 5.41) is 3.52. The molecule has 0 saturated heterocycles. The van der Waals surface area contributed by atoms with Crippen molar-refractivity contribution in [1.29, 1.82) is 0 Å². The summed E-state index contributed by atoms with van der Waals surface area (Å²) in [6, 6.07) is 8.72. The van der Waals surface area contributed by atoms with Crippen LogP contribution in [0.3, 0.4) is 0 Å². The van der Waals surface area contributed by atoms with E-state index in [-0.39, 0.29) is 11.5 Å². The molecular formula is C18H19N3O3. The maximum Gasteiger partial charge on any atom is 0.349 e. The van der Waals surface area contributed by atoms with Crippen LogP contribution in [0.1, 0.15) is 29.6 Å². The van der Waals surface area contributed by atoms with Gasteiger partial charge in [-0.05, 0) is 31.4 Å². The van der Waals surface area contributed by atoms with Crippen LogP contribution in [0.5, 0.6) is 0 Å². The van der Waals surface area contributed by atoms with Gasteiger partial charge in [-0.1, -0.05) is 18.2 Å². The number of aromatic nitrogens is 2. The lowest BCUT2D eigenvalue weighted by Crippen LogP contribution is -2.29. The fourth-order valence-corrected chi connectivity index (χ4v) is 2.53. The summed E-state index contributed by atoms with van der Waals surface area (Å²) in [4.78, 5) is 28.0. The lowest BCUT2D eigenvalue weighted by Gasteiger charge is -2.06. The lowest BCUT2D eigenvalue weighted by atomic mass is 10.1. The van der Waals surface area contributed by atoms with Crippen molar-refractivity contribution in [3.05, 3.63) is 65.0 Å². The second-order valence-electron chi connectivity index (χ2n) is 5.60. The Morgan fingerprint density at radius 3 is 2.92 bits per heavy atom. The number of carbonyl (C=O) groups is 1. The van der Waals surface area contributed by atoms with Crippen LogP contribution in [0.25, 0.3) is 11.0 Å². The van der Waals surface area contributed by atoms with Gasteiger partial charge >= 0.3 is 5.63 Å². The predicted molar refractivity (Wildman–Crippen MR) is 90.9 cm³/mol. The first-order valence-electron chi connectivity index (χ1n) is 8.01. The number of fused-ring (bicyclic) bond motifs is 1. The van der Waals surface area contributed by atoms with Gasteiger partial charge in [-0.3, -0.25) is 4.79 Å². The summed E-state index contributed by atoms with van der Waals surface area (Å²) < 4.78 is 7.20. The zero-order valence-electron chi connectivity index (χ0n) is 13.3. The molecule has 0 atom stereocenters. The Hall–Kier alpha value is -2.89.